The van der Waals surface area contributed by atoms with E-state index in [0.717, 1.165) is 17.8 Å². The maximum atomic E-state index is 11.4. The minimum Gasteiger partial charge on any atom is -0.459 e. The summed E-state index contributed by atoms with van der Waals surface area (Å²) in [7, 11) is 0. The Labute approximate surface area is 168 Å². The third-order valence-corrected chi connectivity index (χ3v) is 6.06. The monoisotopic (exact) mass is 432 g/mol. The highest BCUT2D eigenvalue weighted by Crippen LogP contribution is 2.42. The second kappa shape index (κ2) is 9.20. The molecule has 0 spiro atoms. The van der Waals surface area contributed by atoms with Gasteiger partial charge in [-0.25, -0.2) is 0 Å². The van der Waals surface area contributed by atoms with E-state index in [-0.39, 0.29) is 17.7 Å². The first-order chi connectivity index (χ1) is 13.1. The molecule has 1 aliphatic carbocycles. The van der Waals surface area contributed by atoms with E-state index in [2.05, 4.69) is 0 Å². The predicted molar refractivity (Wildman–Crippen MR) is 99.4 cm³/mol. The standard InChI is InChI=1S/C16H17ClN2O8S/c1-8(20)26-13-6-11(17)16(7-14(13)27-9(2)21)28-15-4-3-10(18(22)23)5-12(15)19(24)25/h3-5,11,13-14,16H,6-7H2,1-2H3/t11-,13-,14-,16-/m0/s1. The molecule has 1 saturated carbocycles. The molecule has 0 amide bonds. The average Bonchev–Trinajstić information content (AvgIpc) is 2.57. The fraction of sp³-hybridized carbons (Fsp3) is 0.500. The van der Waals surface area contributed by atoms with Crippen molar-refractivity contribution in [3.8, 4) is 0 Å². The second-order valence-corrected chi connectivity index (χ2v) is 7.95. The number of nitrogens with zero attached hydrogens (tertiary/aromatic N) is 2. The summed E-state index contributed by atoms with van der Waals surface area (Å²) in [5, 5.41) is 21.2. The Balaban J connectivity index is 2.25. The Hall–Kier alpha value is -2.40. The van der Waals surface area contributed by atoms with Crippen LogP contribution >= 0.6 is 23.4 Å². The van der Waals surface area contributed by atoms with Crippen LogP contribution in [-0.2, 0) is 19.1 Å². The molecule has 4 atom stereocenters. The molecule has 0 saturated heterocycles. The number of benzene rings is 1. The van der Waals surface area contributed by atoms with Crippen LogP contribution < -0.4 is 0 Å². The van der Waals surface area contributed by atoms with Gasteiger partial charge < -0.3 is 9.47 Å². The number of nitro benzene ring substituents is 2. The highest BCUT2D eigenvalue weighted by atomic mass is 35.5. The summed E-state index contributed by atoms with van der Waals surface area (Å²) >= 11 is 7.47. The molecule has 0 N–H and O–H groups in total. The molecule has 2 rings (SSSR count). The van der Waals surface area contributed by atoms with Crippen LogP contribution in [0.3, 0.4) is 0 Å². The molecule has 1 aliphatic rings. The van der Waals surface area contributed by atoms with E-state index >= 15 is 0 Å². The molecular weight excluding hydrogens is 416 g/mol. The van der Waals surface area contributed by atoms with E-state index in [9.17, 15) is 29.8 Å². The SMILES string of the molecule is CC(=O)O[C@H]1C[C@H](Sc2ccc([N+](=O)[O-])cc2[N+](=O)[O-])[C@@H](Cl)C[C@@H]1OC(C)=O. The van der Waals surface area contributed by atoms with Gasteiger partial charge in [0.25, 0.3) is 11.4 Å². The van der Waals surface area contributed by atoms with Crippen molar-refractivity contribution in [3.05, 3.63) is 38.4 Å². The largest absolute Gasteiger partial charge is 0.459 e. The van der Waals surface area contributed by atoms with Crippen LogP contribution in [0.25, 0.3) is 0 Å². The molecule has 10 nitrogen and oxygen atoms in total. The number of carbonyl (C=O) groups is 2. The van der Waals surface area contributed by atoms with Crippen molar-refractivity contribution in [3.63, 3.8) is 0 Å². The number of hydrogen-bond donors (Lipinski definition) is 0. The topological polar surface area (TPSA) is 139 Å². The van der Waals surface area contributed by atoms with Crippen molar-refractivity contribution < 1.29 is 28.9 Å². The summed E-state index contributed by atoms with van der Waals surface area (Å²) in [6.07, 6.45) is -1.07. The lowest BCUT2D eigenvalue weighted by Crippen LogP contribution is -2.45. The van der Waals surface area contributed by atoms with Gasteiger partial charge in [0.2, 0.25) is 0 Å². The highest BCUT2D eigenvalue weighted by Gasteiger charge is 2.41. The van der Waals surface area contributed by atoms with Crippen LogP contribution in [0.15, 0.2) is 23.1 Å². The van der Waals surface area contributed by atoms with E-state index in [1.54, 1.807) is 0 Å². The smallest absolute Gasteiger partial charge is 0.303 e. The molecule has 1 fully saturated rings. The number of alkyl halides is 1. The first-order valence-corrected chi connectivity index (χ1v) is 9.48. The Bertz CT molecular complexity index is 805. The molecule has 12 heteroatoms. The van der Waals surface area contributed by atoms with Gasteiger partial charge in [0.05, 0.1) is 20.8 Å². The third-order valence-electron chi connectivity index (χ3n) is 4.00. The highest BCUT2D eigenvalue weighted by molar-refractivity contribution is 8.00. The van der Waals surface area contributed by atoms with Gasteiger partial charge in [-0.05, 0) is 6.07 Å². The zero-order valence-corrected chi connectivity index (χ0v) is 16.5. The number of non-ortho nitro benzene ring substituents is 1. The zero-order chi connectivity index (χ0) is 21.0. The lowest BCUT2D eigenvalue weighted by molar-refractivity contribution is -0.396. The Morgan fingerprint density at radius 2 is 1.64 bits per heavy atom. The van der Waals surface area contributed by atoms with Gasteiger partial charge in [0, 0.05) is 43.4 Å². The number of thioether (sulfide) groups is 1. The predicted octanol–water partition coefficient (Wildman–Crippen LogP) is 3.23. The van der Waals surface area contributed by atoms with Gasteiger partial charge in [-0.15, -0.1) is 23.4 Å². The van der Waals surface area contributed by atoms with Gasteiger partial charge in [-0.1, -0.05) is 0 Å². The maximum Gasteiger partial charge on any atom is 0.303 e. The van der Waals surface area contributed by atoms with Crippen molar-refractivity contribution in [1.29, 1.82) is 0 Å². The summed E-state index contributed by atoms with van der Waals surface area (Å²) in [5.74, 6) is -1.09. The Kier molecular flexibility index (Phi) is 7.19. The number of nitro groups is 2. The number of rotatable bonds is 6. The Morgan fingerprint density at radius 3 is 2.14 bits per heavy atom. The number of halogens is 1. The third kappa shape index (κ3) is 5.55. The van der Waals surface area contributed by atoms with Gasteiger partial charge in [-0.2, -0.15) is 0 Å². The first kappa shape index (κ1) is 21.9. The first-order valence-electron chi connectivity index (χ1n) is 8.16. The second-order valence-electron chi connectivity index (χ2n) is 6.11. The molecule has 0 aliphatic heterocycles. The molecule has 28 heavy (non-hydrogen) atoms. The molecular formula is C16H17ClN2O8S. The van der Waals surface area contributed by atoms with Crippen LogP contribution in [-0.4, -0.2) is 44.6 Å². The lowest BCUT2D eigenvalue weighted by atomic mass is 9.93. The van der Waals surface area contributed by atoms with Crippen LogP contribution in [0.1, 0.15) is 26.7 Å². The van der Waals surface area contributed by atoms with E-state index in [4.69, 9.17) is 21.1 Å². The number of hydrogen-bond acceptors (Lipinski definition) is 9. The van der Waals surface area contributed by atoms with Crippen molar-refractivity contribution >= 4 is 46.7 Å². The summed E-state index contributed by atoms with van der Waals surface area (Å²) < 4.78 is 10.4. The van der Waals surface area contributed by atoms with Crippen molar-refractivity contribution in [1.82, 2.24) is 0 Å². The van der Waals surface area contributed by atoms with Gasteiger partial charge in [0.1, 0.15) is 12.2 Å². The fourth-order valence-electron chi connectivity index (χ4n) is 2.87. The molecule has 0 radical (unpaired) electrons. The van der Waals surface area contributed by atoms with E-state index < -0.39 is 56.0 Å². The summed E-state index contributed by atoms with van der Waals surface area (Å²) in [5.41, 5.74) is -0.802. The van der Waals surface area contributed by atoms with Crippen molar-refractivity contribution in [2.24, 2.45) is 0 Å². The molecule has 0 heterocycles. The lowest BCUT2D eigenvalue weighted by Gasteiger charge is -2.37. The number of esters is 2. The summed E-state index contributed by atoms with van der Waals surface area (Å²) in [6, 6.07) is 3.36. The molecule has 152 valence electrons. The van der Waals surface area contributed by atoms with Gasteiger partial charge in [0.15, 0.2) is 0 Å². The maximum absolute atomic E-state index is 11.4. The number of ether oxygens (including phenoxy) is 2. The summed E-state index contributed by atoms with van der Waals surface area (Å²) in [4.78, 5) is 43.6. The normalized spacial score (nSPS) is 24.2. The molecule has 0 unspecified atom stereocenters. The van der Waals surface area contributed by atoms with Gasteiger partial charge in [-0.3, -0.25) is 29.8 Å². The van der Waals surface area contributed by atoms with Crippen molar-refractivity contribution in [2.75, 3.05) is 0 Å². The van der Waals surface area contributed by atoms with Crippen LogP contribution in [0.2, 0.25) is 0 Å². The average molecular weight is 433 g/mol. The van der Waals surface area contributed by atoms with Crippen LogP contribution in [0.4, 0.5) is 11.4 Å². The van der Waals surface area contributed by atoms with E-state index in [0.29, 0.717) is 0 Å². The molecule has 0 bridgehead atoms. The quantitative estimate of drug-likeness (QED) is 0.286. The minimum absolute atomic E-state index is 0.192. The molecule has 1 aromatic rings. The van der Waals surface area contributed by atoms with E-state index in [1.165, 1.54) is 26.0 Å². The molecule has 0 aromatic heterocycles. The minimum atomic E-state index is -0.744. The zero-order valence-electron chi connectivity index (χ0n) is 14.9. The number of carbonyl (C=O) groups excluding carboxylic acids is 2. The van der Waals surface area contributed by atoms with Crippen molar-refractivity contribution in [2.45, 2.75) is 54.4 Å². The fourth-order valence-corrected chi connectivity index (χ4v) is 4.58. The molecule has 1 aromatic carbocycles. The summed E-state index contributed by atoms with van der Waals surface area (Å²) in [6.45, 7) is 2.45. The van der Waals surface area contributed by atoms with E-state index in [1.807, 2.05) is 0 Å². The van der Waals surface area contributed by atoms with Crippen LogP contribution in [0.5, 0.6) is 0 Å². The van der Waals surface area contributed by atoms with Gasteiger partial charge >= 0.3 is 11.9 Å². The Morgan fingerprint density at radius 1 is 1.07 bits per heavy atom. The van der Waals surface area contributed by atoms with Crippen LogP contribution in [0, 0.1) is 20.2 Å².